The fourth-order valence-corrected chi connectivity index (χ4v) is 3.41. The number of benzene rings is 1. The highest BCUT2D eigenvalue weighted by atomic mass is 32.2. The van der Waals surface area contributed by atoms with Gasteiger partial charge in [-0.2, -0.15) is 4.37 Å². The first-order valence-corrected chi connectivity index (χ1v) is 8.95. The number of hydrogen-bond donors (Lipinski definition) is 0. The van der Waals surface area contributed by atoms with E-state index in [0.29, 0.717) is 5.56 Å². The van der Waals surface area contributed by atoms with Crippen molar-refractivity contribution in [3.8, 4) is 0 Å². The van der Waals surface area contributed by atoms with Gasteiger partial charge >= 0.3 is 0 Å². The van der Waals surface area contributed by atoms with Gasteiger partial charge in [-0.05, 0) is 41.3 Å². The molecule has 2 rings (SSSR count). The van der Waals surface area contributed by atoms with Crippen molar-refractivity contribution in [3.63, 3.8) is 0 Å². The second kappa shape index (κ2) is 7.61. The van der Waals surface area contributed by atoms with Crippen molar-refractivity contribution in [1.82, 2.24) is 9.36 Å². The molecule has 3 nitrogen and oxygen atoms in total. The van der Waals surface area contributed by atoms with Crippen molar-refractivity contribution in [2.24, 2.45) is 0 Å². The fraction of sp³-hybridized carbons (Fsp3) is 0.214. The summed E-state index contributed by atoms with van der Waals surface area (Å²) in [4.78, 5) is 16.3. The van der Waals surface area contributed by atoms with Crippen LogP contribution in [0.4, 0.5) is 0 Å². The van der Waals surface area contributed by atoms with Crippen LogP contribution in [0.25, 0.3) is 0 Å². The molecule has 1 aromatic carbocycles. The molecular formula is C14H14N2OS3. The van der Waals surface area contributed by atoms with Gasteiger partial charge in [-0.1, -0.05) is 54.7 Å². The summed E-state index contributed by atoms with van der Waals surface area (Å²) in [5, 5.41) is 2.54. The van der Waals surface area contributed by atoms with Crippen molar-refractivity contribution in [3.05, 3.63) is 46.9 Å². The second-order valence-corrected chi connectivity index (χ2v) is 6.56. The maximum atomic E-state index is 12.0. The largest absolute Gasteiger partial charge is 0.289 e. The van der Waals surface area contributed by atoms with Gasteiger partial charge in [0.25, 0.3) is 0 Å². The van der Waals surface area contributed by atoms with E-state index >= 15 is 0 Å². The molecule has 0 atom stereocenters. The van der Waals surface area contributed by atoms with Crippen molar-refractivity contribution in [2.45, 2.75) is 22.8 Å². The number of aryl methyl sites for hydroxylation is 1. The first kappa shape index (κ1) is 15.3. The van der Waals surface area contributed by atoms with Crippen LogP contribution in [-0.4, -0.2) is 21.4 Å². The minimum atomic E-state index is 0.00904. The predicted octanol–water partition coefficient (Wildman–Crippen LogP) is 4.31. The van der Waals surface area contributed by atoms with Crippen molar-refractivity contribution in [1.29, 1.82) is 0 Å². The standard InChI is InChI=1S/C14H14N2OS3/c1-3-10-4-6-11(7-5-10)12(17)8-9-19-14-15-13(18-2)16-20-14/h4-9H,3H2,1-2H3/b9-8-. The Bertz CT molecular complexity index is 605. The molecule has 6 heteroatoms. The van der Waals surface area contributed by atoms with E-state index in [9.17, 15) is 4.79 Å². The summed E-state index contributed by atoms with van der Waals surface area (Å²) in [6, 6.07) is 7.72. The lowest BCUT2D eigenvalue weighted by Gasteiger charge is -1.98. The molecule has 1 aromatic heterocycles. The number of thioether (sulfide) groups is 2. The number of aromatic nitrogens is 2. The Morgan fingerprint density at radius 2 is 2.10 bits per heavy atom. The molecule has 0 unspecified atom stereocenters. The molecule has 0 aliphatic rings. The van der Waals surface area contributed by atoms with Crippen LogP contribution in [0.2, 0.25) is 0 Å². The molecule has 0 aliphatic carbocycles. The van der Waals surface area contributed by atoms with E-state index in [0.717, 1.165) is 15.9 Å². The molecule has 0 amide bonds. The number of nitrogens with zero attached hydrogens (tertiary/aromatic N) is 2. The Kier molecular flexibility index (Phi) is 5.82. The smallest absolute Gasteiger partial charge is 0.200 e. The van der Waals surface area contributed by atoms with E-state index in [1.807, 2.05) is 30.5 Å². The van der Waals surface area contributed by atoms with E-state index in [2.05, 4.69) is 16.3 Å². The average Bonchev–Trinajstić information content (AvgIpc) is 2.95. The monoisotopic (exact) mass is 322 g/mol. The van der Waals surface area contributed by atoms with Crippen LogP contribution in [0.1, 0.15) is 22.8 Å². The van der Waals surface area contributed by atoms with Crippen molar-refractivity contribution >= 4 is 40.8 Å². The molecule has 0 bridgehead atoms. The quantitative estimate of drug-likeness (QED) is 0.450. The Balaban J connectivity index is 1.94. The van der Waals surface area contributed by atoms with Gasteiger partial charge in [0.1, 0.15) is 0 Å². The summed E-state index contributed by atoms with van der Waals surface area (Å²) < 4.78 is 5.01. The molecule has 0 aliphatic heterocycles. The van der Waals surface area contributed by atoms with Gasteiger partial charge in [0, 0.05) is 5.56 Å². The second-order valence-electron chi connectivity index (χ2n) is 3.88. The summed E-state index contributed by atoms with van der Waals surface area (Å²) in [6.07, 6.45) is 4.50. The normalized spacial score (nSPS) is 11.1. The zero-order valence-electron chi connectivity index (χ0n) is 11.2. The molecule has 0 saturated carbocycles. The summed E-state index contributed by atoms with van der Waals surface area (Å²) in [7, 11) is 0. The topological polar surface area (TPSA) is 42.9 Å². The number of allylic oxidation sites excluding steroid dienone is 1. The number of ketones is 1. The Labute approximate surface area is 131 Å². The van der Waals surface area contributed by atoms with E-state index in [1.54, 1.807) is 11.5 Å². The molecule has 104 valence electrons. The third kappa shape index (κ3) is 4.19. The zero-order valence-corrected chi connectivity index (χ0v) is 13.6. The molecular weight excluding hydrogens is 308 g/mol. The molecule has 0 fully saturated rings. The fourth-order valence-electron chi connectivity index (χ4n) is 1.48. The van der Waals surface area contributed by atoms with E-state index in [4.69, 9.17) is 0 Å². The van der Waals surface area contributed by atoms with Gasteiger partial charge in [-0.25, -0.2) is 4.98 Å². The SMILES string of the molecule is CCc1ccc(C(=O)/C=C\Sc2nc(SC)ns2)cc1. The molecule has 20 heavy (non-hydrogen) atoms. The van der Waals surface area contributed by atoms with Crippen LogP contribution in [0.5, 0.6) is 0 Å². The highest BCUT2D eigenvalue weighted by Crippen LogP contribution is 2.24. The number of rotatable bonds is 6. The zero-order chi connectivity index (χ0) is 14.4. The Hall–Kier alpha value is -1.11. The molecule has 0 radical (unpaired) electrons. The van der Waals surface area contributed by atoms with Gasteiger partial charge in [-0.3, -0.25) is 4.79 Å². The lowest BCUT2D eigenvalue weighted by Crippen LogP contribution is -1.93. The molecule has 2 aromatic rings. The van der Waals surface area contributed by atoms with Crippen molar-refractivity contribution in [2.75, 3.05) is 6.26 Å². The first-order valence-electron chi connectivity index (χ1n) is 6.07. The Morgan fingerprint density at radius 3 is 2.70 bits per heavy atom. The Morgan fingerprint density at radius 1 is 1.35 bits per heavy atom. The van der Waals surface area contributed by atoms with Gasteiger partial charge < -0.3 is 0 Å². The minimum Gasteiger partial charge on any atom is -0.289 e. The van der Waals surface area contributed by atoms with Crippen LogP contribution in [-0.2, 0) is 6.42 Å². The number of carbonyl (C=O) groups excluding carboxylic acids is 1. The molecule has 0 saturated heterocycles. The lowest BCUT2D eigenvalue weighted by atomic mass is 10.1. The average molecular weight is 322 g/mol. The lowest BCUT2D eigenvalue weighted by molar-refractivity contribution is 0.104. The highest BCUT2D eigenvalue weighted by molar-refractivity contribution is 8.03. The van der Waals surface area contributed by atoms with Gasteiger partial charge in [0.2, 0.25) is 5.16 Å². The summed E-state index contributed by atoms with van der Waals surface area (Å²) in [5.74, 6) is 0.00904. The van der Waals surface area contributed by atoms with E-state index in [-0.39, 0.29) is 5.78 Å². The van der Waals surface area contributed by atoms with E-state index in [1.165, 1.54) is 40.6 Å². The van der Waals surface area contributed by atoms with Crippen molar-refractivity contribution < 1.29 is 4.79 Å². The highest BCUT2D eigenvalue weighted by Gasteiger charge is 2.03. The number of carbonyl (C=O) groups is 1. The van der Waals surface area contributed by atoms with Gasteiger partial charge in [-0.15, -0.1) is 0 Å². The maximum Gasteiger partial charge on any atom is 0.200 e. The third-order valence-corrected chi connectivity index (χ3v) is 4.86. The molecule has 1 heterocycles. The van der Waals surface area contributed by atoms with Gasteiger partial charge in [0.05, 0.1) is 0 Å². The third-order valence-electron chi connectivity index (χ3n) is 2.61. The molecule has 0 spiro atoms. The summed E-state index contributed by atoms with van der Waals surface area (Å²) in [6.45, 7) is 2.10. The van der Waals surface area contributed by atoms with Crippen LogP contribution < -0.4 is 0 Å². The van der Waals surface area contributed by atoms with Crippen LogP contribution in [0, 0.1) is 0 Å². The summed E-state index contributed by atoms with van der Waals surface area (Å²) in [5.41, 5.74) is 1.94. The van der Waals surface area contributed by atoms with Gasteiger partial charge in [0.15, 0.2) is 10.1 Å². The maximum absolute atomic E-state index is 12.0. The van der Waals surface area contributed by atoms with Crippen LogP contribution >= 0.6 is 35.1 Å². The van der Waals surface area contributed by atoms with Crippen LogP contribution in [0.3, 0.4) is 0 Å². The molecule has 0 N–H and O–H groups in total. The summed E-state index contributed by atoms with van der Waals surface area (Å²) >= 11 is 4.28. The van der Waals surface area contributed by atoms with E-state index < -0.39 is 0 Å². The van der Waals surface area contributed by atoms with Crippen LogP contribution in [0.15, 0.2) is 45.2 Å². The first-order chi connectivity index (χ1) is 9.72. The predicted molar refractivity (Wildman–Crippen MR) is 86.8 cm³/mol. The minimum absolute atomic E-state index is 0.00904. The number of hydrogen-bond acceptors (Lipinski definition) is 6.